The van der Waals surface area contributed by atoms with Gasteiger partial charge in [-0.25, -0.2) is 0 Å². The molecule has 0 aromatic heterocycles. The quantitative estimate of drug-likeness (QED) is 0.806. The number of hydrogen-bond donors (Lipinski definition) is 0. The van der Waals surface area contributed by atoms with Crippen LogP contribution in [0.15, 0.2) is 42.5 Å². The van der Waals surface area contributed by atoms with Gasteiger partial charge < -0.3 is 9.80 Å². The smallest absolute Gasteiger partial charge is 0.254 e. The number of anilines is 1. The van der Waals surface area contributed by atoms with Crippen LogP contribution in [0.4, 0.5) is 5.69 Å². The molecule has 25 heavy (non-hydrogen) atoms. The zero-order valence-electron chi connectivity index (χ0n) is 15.1. The lowest BCUT2D eigenvalue weighted by atomic mass is 10.0. The van der Waals surface area contributed by atoms with E-state index in [9.17, 15) is 9.59 Å². The third-order valence-electron chi connectivity index (χ3n) is 5.04. The molecule has 2 aromatic carbocycles. The first-order chi connectivity index (χ1) is 12.0. The third kappa shape index (κ3) is 3.58. The molecule has 130 valence electrons. The summed E-state index contributed by atoms with van der Waals surface area (Å²) in [5, 5.41) is 0. The van der Waals surface area contributed by atoms with Gasteiger partial charge in [0.25, 0.3) is 5.91 Å². The minimum atomic E-state index is 0.0792. The number of hydrogen-bond acceptors (Lipinski definition) is 3. The van der Waals surface area contributed by atoms with Crippen LogP contribution in [0.5, 0.6) is 0 Å². The van der Waals surface area contributed by atoms with Gasteiger partial charge in [0.15, 0.2) is 5.78 Å². The van der Waals surface area contributed by atoms with Crippen molar-refractivity contribution in [1.29, 1.82) is 0 Å². The molecule has 0 spiro atoms. The summed E-state index contributed by atoms with van der Waals surface area (Å²) in [5.74, 6) is 0.197. The molecule has 0 aliphatic carbocycles. The van der Waals surface area contributed by atoms with E-state index in [1.165, 1.54) is 0 Å². The highest BCUT2D eigenvalue weighted by molar-refractivity contribution is 5.96. The lowest BCUT2D eigenvalue weighted by molar-refractivity contribution is 0.0745. The molecule has 1 aliphatic heterocycles. The first-order valence-electron chi connectivity index (χ1n) is 8.69. The van der Waals surface area contributed by atoms with Crippen LogP contribution in [-0.4, -0.2) is 42.8 Å². The van der Waals surface area contributed by atoms with Gasteiger partial charge in [0.2, 0.25) is 0 Å². The van der Waals surface area contributed by atoms with E-state index in [1.54, 1.807) is 6.92 Å². The monoisotopic (exact) mass is 336 g/mol. The molecular weight excluding hydrogens is 312 g/mol. The largest absolute Gasteiger partial charge is 0.368 e. The van der Waals surface area contributed by atoms with Crippen molar-refractivity contribution in [2.45, 2.75) is 20.8 Å². The molecule has 0 saturated carbocycles. The number of carbonyl (C=O) groups excluding carboxylic acids is 2. The lowest BCUT2D eigenvalue weighted by Crippen LogP contribution is -2.49. The van der Waals surface area contributed by atoms with Crippen molar-refractivity contribution in [1.82, 2.24) is 4.90 Å². The van der Waals surface area contributed by atoms with Gasteiger partial charge in [-0.3, -0.25) is 9.59 Å². The molecule has 1 aliphatic rings. The summed E-state index contributed by atoms with van der Waals surface area (Å²) in [4.78, 5) is 28.4. The van der Waals surface area contributed by atoms with Crippen molar-refractivity contribution in [2.24, 2.45) is 0 Å². The second-order valence-corrected chi connectivity index (χ2v) is 6.63. The predicted octanol–water partition coefficient (Wildman–Crippen LogP) is 3.47. The molecule has 0 bridgehead atoms. The van der Waals surface area contributed by atoms with Gasteiger partial charge in [0.05, 0.1) is 0 Å². The van der Waals surface area contributed by atoms with Crippen LogP contribution >= 0.6 is 0 Å². The molecule has 1 heterocycles. The Kier molecular flexibility index (Phi) is 4.88. The fourth-order valence-corrected chi connectivity index (χ4v) is 3.23. The highest BCUT2D eigenvalue weighted by Crippen LogP contribution is 2.20. The second kappa shape index (κ2) is 7.09. The van der Waals surface area contributed by atoms with E-state index in [2.05, 4.69) is 4.90 Å². The summed E-state index contributed by atoms with van der Waals surface area (Å²) in [7, 11) is 0. The van der Waals surface area contributed by atoms with Crippen LogP contribution in [-0.2, 0) is 0 Å². The number of Topliss-reactive ketones (excluding diaryl/α,β-unsaturated/α-hetero) is 1. The summed E-state index contributed by atoms with van der Waals surface area (Å²) >= 11 is 0. The number of amides is 1. The number of rotatable bonds is 3. The number of benzene rings is 2. The first kappa shape index (κ1) is 17.2. The van der Waals surface area contributed by atoms with E-state index in [4.69, 9.17) is 0 Å². The Labute approximate surface area is 149 Å². The van der Waals surface area contributed by atoms with E-state index >= 15 is 0 Å². The molecule has 1 saturated heterocycles. The van der Waals surface area contributed by atoms with E-state index < -0.39 is 0 Å². The molecule has 4 nitrogen and oxygen atoms in total. The maximum absolute atomic E-state index is 12.8. The molecule has 0 atom stereocenters. The molecule has 3 rings (SSSR count). The number of piperazine rings is 1. The standard InChI is InChI=1S/C21H24N2O2/c1-15-5-4-6-20(16(15)2)21(25)23-13-11-22(12-14-23)19-9-7-18(8-10-19)17(3)24/h4-10H,11-14H2,1-3H3. The zero-order chi connectivity index (χ0) is 18.0. The highest BCUT2D eigenvalue weighted by atomic mass is 16.2. The average molecular weight is 336 g/mol. The number of aryl methyl sites for hydroxylation is 1. The van der Waals surface area contributed by atoms with Gasteiger partial charge in [0, 0.05) is 43.0 Å². The van der Waals surface area contributed by atoms with Gasteiger partial charge in [-0.2, -0.15) is 0 Å². The third-order valence-corrected chi connectivity index (χ3v) is 5.04. The summed E-state index contributed by atoms with van der Waals surface area (Å²) in [5.41, 5.74) is 4.85. The van der Waals surface area contributed by atoms with Crippen molar-refractivity contribution in [2.75, 3.05) is 31.1 Å². The van der Waals surface area contributed by atoms with Gasteiger partial charge in [-0.05, 0) is 62.2 Å². The van der Waals surface area contributed by atoms with Crippen LogP contribution in [0.1, 0.15) is 38.8 Å². The van der Waals surface area contributed by atoms with Crippen LogP contribution in [0.3, 0.4) is 0 Å². The van der Waals surface area contributed by atoms with Crippen molar-refractivity contribution >= 4 is 17.4 Å². The van der Waals surface area contributed by atoms with E-state index in [0.717, 1.165) is 41.0 Å². The number of nitrogens with zero attached hydrogens (tertiary/aromatic N) is 2. The average Bonchev–Trinajstić information content (AvgIpc) is 2.64. The Balaban J connectivity index is 1.66. The van der Waals surface area contributed by atoms with E-state index in [0.29, 0.717) is 13.1 Å². The summed E-state index contributed by atoms with van der Waals surface area (Å²) < 4.78 is 0. The van der Waals surface area contributed by atoms with Crippen molar-refractivity contribution in [3.8, 4) is 0 Å². The van der Waals surface area contributed by atoms with Gasteiger partial charge >= 0.3 is 0 Å². The number of ketones is 1. The van der Waals surface area contributed by atoms with Crippen LogP contribution in [0.2, 0.25) is 0 Å². The Morgan fingerprint density at radius 1 is 0.880 bits per heavy atom. The molecule has 1 amide bonds. The van der Waals surface area contributed by atoms with Crippen LogP contribution < -0.4 is 4.90 Å². The second-order valence-electron chi connectivity index (χ2n) is 6.63. The summed E-state index contributed by atoms with van der Waals surface area (Å²) in [6.45, 7) is 8.64. The minimum absolute atomic E-state index is 0.0792. The van der Waals surface area contributed by atoms with E-state index in [1.807, 2.05) is 61.2 Å². The normalized spacial score (nSPS) is 14.5. The maximum atomic E-state index is 12.8. The molecule has 0 unspecified atom stereocenters. The summed E-state index contributed by atoms with van der Waals surface area (Å²) in [6.07, 6.45) is 0. The Morgan fingerprint density at radius 2 is 1.52 bits per heavy atom. The van der Waals surface area contributed by atoms with Crippen LogP contribution in [0.25, 0.3) is 0 Å². The van der Waals surface area contributed by atoms with Gasteiger partial charge in [-0.1, -0.05) is 12.1 Å². The molecule has 4 heteroatoms. The predicted molar refractivity (Wildman–Crippen MR) is 100 cm³/mol. The summed E-state index contributed by atoms with van der Waals surface area (Å²) in [6, 6.07) is 13.6. The lowest BCUT2D eigenvalue weighted by Gasteiger charge is -2.36. The minimum Gasteiger partial charge on any atom is -0.368 e. The maximum Gasteiger partial charge on any atom is 0.254 e. The van der Waals surface area contributed by atoms with Gasteiger partial charge in [-0.15, -0.1) is 0 Å². The Bertz CT molecular complexity index is 788. The zero-order valence-corrected chi connectivity index (χ0v) is 15.1. The molecular formula is C21H24N2O2. The fourth-order valence-electron chi connectivity index (χ4n) is 3.23. The Hall–Kier alpha value is -2.62. The molecule has 0 N–H and O–H groups in total. The number of carbonyl (C=O) groups is 2. The van der Waals surface area contributed by atoms with Crippen molar-refractivity contribution in [3.05, 3.63) is 64.7 Å². The van der Waals surface area contributed by atoms with E-state index in [-0.39, 0.29) is 11.7 Å². The van der Waals surface area contributed by atoms with Crippen molar-refractivity contribution in [3.63, 3.8) is 0 Å². The first-order valence-corrected chi connectivity index (χ1v) is 8.69. The highest BCUT2D eigenvalue weighted by Gasteiger charge is 2.23. The van der Waals surface area contributed by atoms with Crippen LogP contribution in [0, 0.1) is 13.8 Å². The Morgan fingerprint density at radius 3 is 2.12 bits per heavy atom. The fraction of sp³-hybridized carbons (Fsp3) is 0.333. The SMILES string of the molecule is CC(=O)c1ccc(N2CCN(C(=O)c3cccc(C)c3C)CC2)cc1. The molecule has 1 fully saturated rings. The molecule has 0 radical (unpaired) electrons. The topological polar surface area (TPSA) is 40.6 Å². The van der Waals surface area contributed by atoms with Gasteiger partial charge in [0.1, 0.15) is 0 Å². The molecule has 2 aromatic rings. The van der Waals surface area contributed by atoms with Crippen molar-refractivity contribution < 1.29 is 9.59 Å².